The van der Waals surface area contributed by atoms with E-state index in [2.05, 4.69) is 13.0 Å². The number of amides is 1. The zero-order chi connectivity index (χ0) is 26.7. The molecule has 2 aromatic carbocycles. The molecule has 0 radical (unpaired) electrons. The van der Waals surface area contributed by atoms with Crippen molar-refractivity contribution in [2.75, 3.05) is 6.61 Å². The first-order valence-corrected chi connectivity index (χ1v) is 13.5. The molecule has 2 atom stereocenters. The Hall–Kier alpha value is -2.80. The molecule has 0 bridgehead atoms. The van der Waals surface area contributed by atoms with Gasteiger partial charge in [-0.1, -0.05) is 57.2 Å². The molecular weight excluding hydrogens is 489 g/mol. The molecule has 1 heterocycles. The first kappa shape index (κ1) is 27.2. The number of nitrogens with zero attached hydrogens (tertiary/aromatic N) is 1. The molecule has 198 valence electrons. The summed E-state index contributed by atoms with van der Waals surface area (Å²) in [4.78, 5) is 27.3. The Bertz CT molecular complexity index is 1160. The second-order valence-corrected chi connectivity index (χ2v) is 11.5. The molecule has 2 unspecified atom stereocenters. The van der Waals surface area contributed by atoms with Gasteiger partial charge in [0.2, 0.25) is 0 Å². The summed E-state index contributed by atoms with van der Waals surface area (Å²) in [5, 5.41) is 9.58. The predicted molar refractivity (Wildman–Crippen MR) is 145 cm³/mol. The third kappa shape index (κ3) is 5.71. The van der Waals surface area contributed by atoms with Crippen molar-refractivity contribution in [2.45, 2.75) is 57.7 Å². The fraction of sp³-hybridized carbons (Fsp3) is 0.467. The number of carbonyl (C=O) groups excluding carboxylic acids is 2. The van der Waals surface area contributed by atoms with Crippen molar-refractivity contribution >= 4 is 24.5 Å². The fourth-order valence-corrected chi connectivity index (χ4v) is 5.64. The standard InChI is InChI=1S/C30H36FNO4S/c1-19(2)30(37,24-7-5-4-6-8-24)29(35)36-18-20(3)22-11-9-21(10-12-22)13-14-32-17-23-15-26(31)27(33)16-25(23)28(32)34/h4-8,13-16,19-22,33,37H,9-12,17-18H2,1-3H3. The highest BCUT2D eigenvalue weighted by atomic mass is 32.1. The number of ether oxygens (including phenoxy) is 1. The molecular formula is C30H36FNO4S. The van der Waals surface area contributed by atoms with Gasteiger partial charge in [0, 0.05) is 11.8 Å². The maximum absolute atomic E-state index is 13.6. The number of aromatic hydroxyl groups is 1. The summed E-state index contributed by atoms with van der Waals surface area (Å²) < 4.78 is 18.5. The van der Waals surface area contributed by atoms with Crippen LogP contribution in [0, 0.1) is 29.5 Å². The molecule has 5 nitrogen and oxygen atoms in total. The van der Waals surface area contributed by atoms with Crippen LogP contribution in [0.4, 0.5) is 4.39 Å². The van der Waals surface area contributed by atoms with E-state index in [9.17, 15) is 19.1 Å². The van der Waals surface area contributed by atoms with Crippen molar-refractivity contribution in [3.63, 3.8) is 0 Å². The number of rotatable bonds is 8. The molecule has 0 spiro atoms. The minimum absolute atomic E-state index is 0.0248. The number of esters is 1. The minimum Gasteiger partial charge on any atom is -0.505 e. The summed E-state index contributed by atoms with van der Waals surface area (Å²) in [6.45, 7) is 6.79. The summed E-state index contributed by atoms with van der Waals surface area (Å²) in [6, 6.07) is 12.0. The number of thiol groups is 1. The number of phenols is 1. The van der Waals surface area contributed by atoms with Gasteiger partial charge in [0.15, 0.2) is 11.6 Å². The number of benzene rings is 2. The van der Waals surface area contributed by atoms with Crippen LogP contribution in [0.2, 0.25) is 0 Å². The Kier molecular flexibility index (Phi) is 8.32. The molecule has 1 amide bonds. The van der Waals surface area contributed by atoms with Crippen molar-refractivity contribution in [1.29, 1.82) is 0 Å². The molecule has 1 saturated carbocycles. The van der Waals surface area contributed by atoms with Crippen LogP contribution in [0.3, 0.4) is 0 Å². The van der Waals surface area contributed by atoms with Crippen LogP contribution in [0.1, 0.15) is 67.9 Å². The SMILES string of the molecule is CC(COC(=O)C(S)(c1ccccc1)C(C)C)C1CCC(C=CN2Cc3cc(F)c(O)cc3C2=O)CC1. The van der Waals surface area contributed by atoms with Crippen LogP contribution in [-0.2, 0) is 20.8 Å². The highest BCUT2D eigenvalue weighted by molar-refractivity contribution is 7.82. The van der Waals surface area contributed by atoms with Crippen LogP contribution >= 0.6 is 12.6 Å². The fourth-order valence-electron chi connectivity index (χ4n) is 5.43. The predicted octanol–water partition coefficient (Wildman–Crippen LogP) is 6.47. The monoisotopic (exact) mass is 525 g/mol. The molecule has 1 aliphatic heterocycles. The molecule has 1 aliphatic carbocycles. The zero-order valence-electron chi connectivity index (χ0n) is 21.7. The van der Waals surface area contributed by atoms with E-state index in [1.165, 1.54) is 12.1 Å². The molecule has 1 N–H and O–H groups in total. The second kappa shape index (κ2) is 11.3. The van der Waals surface area contributed by atoms with E-state index in [4.69, 9.17) is 17.4 Å². The highest BCUT2D eigenvalue weighted by Gasteiger charge is 2.41. The summed E-state index contributed by atoms with van der Waals surface area (Å²) in [5.41, 5.74) is 1.79. The van der Waals surface area contributed by atoms with Crippen LogP contribution in [-0.4, -0.2) is 28.5 Å². The molecule has 2 aliphatic rings. The Morgan fingerprint density at radius 3 is 2.51 bits per heavy atom. The van der Waals surface area contributed by atoms with Gasteiger partial charge in [0.05, 0.1) is 13.2 Å². The Balaban J connectivity index is 1.27. The van der Waals surface area contributed by atoms with E-state index in [1.54, 1.807) is 11.1 Å². The number of halogens is 1. The van der Waals surface area contributed by atoms with Crippen molar-refractivity contribution in [3.8, 4) is 5.75 Å². The first-order valence-electron chi connectivity index (χ1n) is 13.1. The van der Waals surface area contributed by atoms with Crippen LogP contribution in [0.25, 0.3) is 0 Å². The van der Waals surface area contributed by atoms with Gasteiger partial charge in [0.1, 0.15) is 4.75 Å². The van der Waals surface area contributed by atoms with Crippen LogP contribution < -0.4 is 0 Å². The molecule has 2 aromatic rings. The number of phenolic OH excluding ortho intramolecular Hbond substituents is 1. The lowest BCUT2D eigenvalue weighted by atomic mass is 9.76. The van der Waals surface area contributed by atoms with E-state index in [0.29, 0.717) is 36.1 Å². The number of carbonyl (C=O) groups is 2. The maximum atomic E-state index is 13.6. The molecule has 7 heteroatoms. The summed E-state index contributed by atoms with van der Waals surface area (Å²) in [6.07, 6.45) is 7.91. The molecule has 1 fully saturated rings. The van der Waals surface area contributed by atoms with Gasteiger partial charge in [-0.15, -0.1) is 0 Å². The van der Waals surface area contributed by atoms with E-state index >= 15 is 0 Å². The van der Waals surface area contributed by atoms with E-state index in [-0.39, 0.29) is 23.7 Å². The summed E-state index contributed by atoms with van der Waals surface area (Å²) >= 11 is 4.79. The van der Waals surface area contributed by atoms with Gasteiger partial charge in [0.25, 0.3) is 5.91 Å². The van der Waals surface area contributed by atoms with Crippen LogP contribution in [0.5, 0.6) is 5.75 Å². The van der Waals surface area contributed by atoms with Gasteiger partial charge in [-0.2, -0.15) is 12.6 Å². The third-order valence-corrected chi connectivity index (χ3v) is 8.96. The van der Waals surface area contributed by atoms with Gasteiger partial charge in [-0.25, -0.2) is 4.39 Å². The van der Waals surface area contributed by atoms with Crippen LogP contribution in [0.15, 0.2) is 54.7 Å². The number of hydrogen-bond acceptors (Lipinski definition) is 5. The average Bonchev–Trinajstić information content (AvgIpc) is 3.20. The number of allylic oxidation sites excluding steroid dienone is 1. The molecule has 0 aromatic heterocycles. The highest BCUT2D eigenvalue weighted by Crippen LogP contribution is 2.39. The van der Waals surface area contributed by atoms with Crippen molar-refractivity contribution in [2.24, 2.45) is 23.7 Å². The Morgan fingerprint density at radius 2 is 1.86 bits per heavy atom. The van der Waals surface area contributed by atoms with Gasteiger partial charge < -0.3 is 14.7 Å². The molecule has 37 heavy (non-hydrogen) atoms. The van der Waals surface area contributed by atoms with E-state index in [1.807, 2.05) is 44.2 Å². The number of fused-ring (bicyclic) bond motifs is 1. The van der Waals surface area contributed by atoms with Gasteiger partial charge in [-0.05, 0) is 72.6 Å². The topological polar surface area (TPSA) is 66.8 Å². The third-order valence-electron chi connectivity index (χ3n) is 8.00. The maximum Gasteiger partial charge on any atom is 0.326 e. The average molecular weight is 526 g/mol. The van der Waals surface area contributed by atoms with E-state index < -0.39 is 16.3 Å². The van der Waals surface area contributed by atoms with E-state index in [0.717, 1.165) is 31.2 Å². The smallest absolute Gasteiger partial charge is 0.326 e. The van der Waals surface area contributed by atoms with Gasteiger partial charge >= 0.3 is 5.97 Å². The minimum atomic E-state index is -0.986. The largest absolute Gasteiger partial charge is 0.505 e. The Morgan fingerprint density at radius 1 is 1.19 bits per heavy atom. The summed E-state index contributed by atoms with van der Waals surface area (Å²) in [7, 11) is 0. The summed E-state index contributed by atoms with van der Waals surface area (Å²) in [5.74, 6) is -0.689. The molecule has 4 rings (SSSR count). The normalized spacial score (nSPS) is 22.2. The lowest BCUT2D eigenvalue weighted by molar-refractivity contribution is -0.150. The quantitative estimate of drug-likeness (QED) is 0.306. The zero-order valence-corrected chi connectivity index (χ0v) is 22.6. The lowest BCUT2D eigenvalue weighted by Gasteiger charge is -2.33. The second-order valence-electron chi connectivity index (χ2n) is 10.8. The lowest BCUT2D eigenvalue weighted by Crippen LogP contribution is -2.38. The van der Waals surface area contributed by atoms with Crippen molar-refractivity contribution in [3.05, 3.63) is 77.2 Å². The van der Waals surface area contributed by atoms with Crippen molar-refractivity contribution in [1.82, 2.24) is 4.90 Å². The number of hydrogen-bond donors (Lipinski definition) is 2. The van der Waals surface area contributed by atoms with Crippen molar-refractivity contribution < 1.29 is 23.8 Å². The van der Waals surface area contributed by atoms with Gasteiger partial charge in [-0.3, -0.25) is 9.59 Å². The Labute approximate surface area is 224 Å². The molecule has 0 saturated heterocycles. The first-order chi connectivity index (χ1) is 17.6.